The van der Waals surface area contributed by atoms with Crippen molar-refractivity contribution in [1.29, 1.82) is 0 Å². The second kappa shape index (κ2) is 7.24. The minimum atomic E-state index is -3.65. The van der Waals surface area contributed by atoms with E-state index >= 15 is 0 Å². The zero-order valence-electron chi connectivity index (χ0n) is 13.2. The van der Waals surface area contributed by atoms with E-state index in [1.807, 2.05) is 18.5 Å². The molecule has 0 saturated carbocycles. The highest BCUT2D eigenvalue weighted by Crippen LogP contribution is 2.16. The van der Waals surface area contributed by atoms with Crippen LogP contribution in [0.5, 0.6) is 0 Å². The standard InChI is InChI=1S/C16H22N2O2S2/c1-4-5-7-12-15-13(2)18(3)16(21-15)17-22(19,20)14-10-8-6-9-11-14/h6,8-11H,4-5,7,12H2,1-3H3/b17-16+. The van der Waals surface area contributed by atoms with E-state index in [9.17, 15) is 8.42 Å². The zero-order valence-corrected chi connectivity index (χ0v) is 14.9. The summed E-state index contributed by atoms with van der Waals surface area (Å²) in [6.45, 7) is 4.19. The highest BCUT2D eigenvalue weighted by molar-refractivity contribution is 7.90. The van der Waals surface area contributed by atoms with Gasteiger partial charge in [0.1, 0.15) is 0 Å². The van der Waals surface area contributed by atoms with E-state index < -0.39 is 10.0 Å². The average molecular weight is 338 g/mol. The van der Waals surface area contributed by atoms with Gasteiger partial charge in [0.25, 0.3) is 10.0 Å². The maximum Gasteiger partial charge on any atom is 0.285 e. The van der Waals surface area contributed by atoms with Crippen LogP contribution in [-0.4, -0.2) is 13.0 Å². The highest BCUT2D eigenvalue weighted by atomic mass is 32.2. The molecule has 0 fully saturated rings. The van der Waals surface area contributed by atoms with Gasteiger partial charge in [-0.1, -0.05) is 38.0 Å². The number of unbranched alkanes of at least 4 members (excludes halogenated alkanes) is 2. The van der Waals surface area contributed by atoms with Gasteiger partial charge in [0.2, 0.25) is 4.80 Å². The largest absolute Gasteiger partial charge is 0.323 e. The molecule has 1 aromatic heterocycles. The Morgan fingerprint density at radius 1 is 1.18 bits per heavy atom. The van der Waals surface area contributed by atoms with Crippen molar-refractivity contribution in [2.45, 2.75) is 44.4 Å². The molecule has 0 atom stereocenters. The highest BCUT2D eigenvalue weighted by Gasteiger charge is 2.14. The van der Waals surface area contributed by atoms with Crippen molar-refractivity contribution in [2.75, 3.05) is 0 Å². The Labute approximate surface area is 136 Å². The van der Waals surface area contributed by atoms with E-state index in [-0.39, 0.29) is 4.90 Å². The summed E-state index contributed by atoms with van der Waals surface area (Å²) >= 11 is 1.48. The van der Waals surface area contributed by atoms with Crippen LogP contribution in [0.1, 0.15) is 36.8 Å². The molecule has 0 unspecified atom stereocenters. The Balaban J connectivity index is 2.38. The Morgan fingerprint density at radius 2 is 1.86 bits per heavy atom. The summed E-state index contributed by atoms with van der Waals surface area (Å²) in [7, 11) is -1.78. The third kappa shape index (κ3) is 3.87. The molecule has 0 amide bonds. The predicted octanol–water partition coefficient (Wildman–Crippen LogP) is 3.42. The summed E-state index contributed by atoms with van der Waals surface area (Å²) in [4.78, 5) is 1.99. The van der Waals surface area contributed by atoms with Crippen LogP contribution < -0.4 is 4.80 Å². The maximum absolute atomic E-state index is 12.4. The molecule has 0 saturated heterocycles. The number of aryl methyl sites for hydroxylation is 1. The summed E-state index contributed by atoms with van der Waals surface area (Å²) < 4.78 is 30.6. The summed E-state index contributed by atoms with van der Waals surface area (Å²) in [5.74, 6) is 0. The molecule has 0 aliphatic rings. The second-order valence-corrected chi connectivity index (χ2v) is 7.95. The molecule has 6 heteroatoms. The van der Waals surface area contributed by atoms with Crippen molar-refractivity contribution in [1.82, 2.24) is 4.57 Å². The lowest BCUT2D eigenvalue weighted by Crippen LogP contribution is -2.14. The summed E-state index contributed by atoms with van der Waals surface area (Å²) in [6, 6.07) is 8.35. The lowest BCUT2D eigenvalue weighted by atomic mass is 10.2. The monoisotopic (exact) mass is 338 g/mol. The van der Waals surface area contributed by atoms with Crippen LogP contribution in [0.2, 0.25) is 0 Å². The minimum Gasteiger partial charge on any atom is -0.323 e. The van der Waals surface area contributed by atoms with Gasteiger partial charge in [0.05, 0.1) is 4.90 Å². The topological polar surface area (TPSA) is 51.4 Å². The molecule has 0 bridgehead atoms. The first-order valence-corrected chi connectivity index (χ1v) is 9.72. The smallest absolute Gasteiger partial charge is 0.285 e. The first kappa shape index (κ1) is 17.0. The Bertz CT molecular complexity index is 787. The molecule has 22 heavy (non-hydrogen) atoms. The van der Waals surface area contributed by atoms with Gasteiger partial charge in [-0.25, -0.2) is 0 Å². The molecule has 0 aliphatic carbocycles. The average Bonchev–Trinajstić information content (AvgIpc) is 2.76. The van der Waals surface area contributed by atoms with Crippen molar-refractivity contribution in [2.24, 2.45) is 11.4 Å². The number of hydrogen-bond acceptors (Lipinski definition) is 3. The molecule has 0 N–H and O–H groups in total. The number of aromatic nitrogens is 1. The molecule has 2 aromatic rings. The van der Waals surface area contributed by atoms with Crippen molar-refractivity contribution in [3.63, 3.8) is 0 Å². The quantitative estimate of drug-likeness (QED) is 0.758. The fourth-order valence-corrected chi connectivity index (χ4v) is 4.58. The number of rotatable bonds is 6. The number of benzene rings is 1. The van der Waals surface area contributed by atoms with Gasteiger partial charge < -0.3 is 4.57 Å². The van der Waals surface area contributed by atoms with Gasteiger partial charge >= 0.3 is 0 Å². The summed E-state index contributed by atoms with van der Waals surface area (Å²) in [6.07, 6.45) is 4.48. The lowest BCUT2D eigenvalue weighted by molar-refractivity contribution is 0.596. The van der Waals surface area contributed by atoms with Crippen LogP contribution in [0.4, 0.5) is 0 Å². The van der Waals surface area contributed by atoms with Crippen LogP contribution in [0.25, 0.3) is 0 Å². The van der Waals surface area contributed by atoms with Crippen LogP contribution in [0.3, 0.4) is 0 Å². The van der Waals surface area contributed by atoms with E-state index in [1.54, 1.807) is 30.3 Å². The Kier molecular flexibility index (Phi) is 5.58. The molecular weight excluding hydrogens is 316 g/mol. The molecule has 0 radical (unpaired) electrons. The zero-order chi connectivity index (χ0) is 16.2. The van der Waals surface area contributed by atoms with Gasteiger partial charge in [-0.05, 0) is 31.9 Å². The fraction of sp³-hybridized carbons (Fsp3) is 0.438. The lowest BCUT2D eigenvalue weighted by Gasteiger charge is -2.00. The van der Waals surface area contributed by atoms with Crippen molar-refractivity contribution < 1.29 is 8.42 Å². The number of thiazole rings is 1. The SMILES string of the molecule is CCCCCc1s/c(=N/S(=O)(=O)c2ccccc2)n(C)c1C. The normalized spacial score (nSPS) is 12.8. The van der Waals surface area contributed by atoms with Crippen LogP contribution in [0.15, 0.2) is 39.6 Å². The van der Waals surface area contributed by atoms with E-state index in [0.717, 1.165) is 18.5 Å². The minimum absolute atomic E-state index is 0.230. The van der Waals surface area contributed by atoms with Gasteiger partial charge in [-0.15, -0.1) is 15.7 Å². The van der Waals surface area contributed by atoms with Crippen molar-refractivity contribution in [3.05, 3.63) is 45.7 Å². The molecule has 0 aliphatic heterocycles. The van der Waals surface area contributed by atoms with Gasteiger partial charge in [-0.3, -0.25) is 0 Å². The molecular formula is C16H22N2O2S2. The Hall–Kier alpha value is -1.40. The predicted molar refractivity (Wildman–Crippen MR) is 90.4 cm³/mol. The molecule has 4 nitrogen and oxygen atoms in total. The first-order valence-electron chi connectivity index (χ1n) is 7.47. The molecule has 2 rings (SSSR count). The van der Waals surface area contributed by atoms with Gasteiger partial charge in [-0.2, -0.15) is 8.42 Å². The number of hydrogen-bond donors (Lipinski definition) is 0. The third-order valence-corrected chi connectivity index (χ3v) is 6.35. The van der Waals surface area contributed by atoms with Crippen LogP contribution in [-0.2, 0) is 23.5 Å². The van der Waals surface area contributed by atoms with Crippen molar-refractivity contribution >= 4 is 21.4 Å². The van der Waals surface area contributed by atoms with E-state index in [1.165, 1.54) is 29.1 Å². The fourth-order valence-electron chi connectivity index (χ4n) is 2.18. The second-order valence-electron chi connectivity index (χ2n) is 5.29. The Morgan fingerprint density at radius 3 is 2.50 bits per heavy atom. The van der Waals surface area contributed by atoms with Gasteiger partial charge in [0.15, 0.2) is 0 Å². The molecule has 1 heterocycles. The summed E-state index contributed by atoms with van der Waals surface area (Å²) in [5.41, 5.74) is 1.10. The van der Waals surface area contributed by atoms with Crippen LogP contribution >= 0.6 is 11.3 Å². The van der Waals surface area contributed by atoms with E-state index in [2.05, 4.69) is 11.3 Å². The first-order chi connectivity index (χ1) is 10.5. The maximum atomic E-state index is 12.4. The van der Waals surface area contributed by atoms with E-state index in [0.29, 0.717) is 4.80 Å². The van der Waals surface area contributed by atoms with Gasteiger partial charge in [0, 0.05) is 17.6 Å². The van der Waals surface area contributed by atoms with E-state index in [4.69, 9.17) is 0 Å². The van der Waals surface area contributed by atoms with Crippen LogP contribution in [0, 0.1) is 6.92 Å². The number of nitrogens with zero attached hydrogens (tertiary/aromatic N) is 2. The number of sulfonamides is 1. The summed E-state index contributed by atoms with van der Waals surface area (Å²) in [5, 5.41) is 0. The molecule has 120 valence electrons. The molecule has 1 aromatic carbocycles. The third-order valence-electron chi connectivity index (χ3n) is 3.65. The van der Waals surface area contributed by atoms with Crippen molar-refractivity contribution in [3.8, 4) is 0 Å². The molecule has 0 spiro atoms.